The standard InChI is InChI=1S/C16H17NO/c1-11-10-13(4-9-16(11)17)12-2-5-14(6-3-12)18-15-7-8-15/h2-6,9-10,15H,7-8,17H2,1H3. The highest BCUT2D eigenvalue weighted by Crippen LogP contribution is 2.29. The molecule has 3 rings (SSSR count). The lowest BCUT2D eigenvalue weighted by Gasteiger charge is -2.07. The van der Waals surface area contributed by atoms with Gasteiger partial charge in [0.15, 0.2) is 0 Å². The average molecular weight is 239 g/mol. The normalized spacial score (nSPS) is 14.5. The largest absolute Gasteiger partial charge is 0.490 e. The summed E-state index contributed by atoms with van der Waals surface area (Å²) in [5.74, 6) is 0.966. The first-order valence-electron chi connectivity index (χ1n) is 6.35. The number of aryl methyl sites for hydroxylation is 1. The van der Waals surface area contributed by atoms with Crippen molar-refractivity contribution in [2.45, 2.75) is 25.9 Å². The van der Waals surface area contributed by atoms with E-state index in [-0.39, 0.29) is 0 Å². The Bertz CT molecular complexity index is 556. The molecule has 18 heavy (non-hydrogen) atoms. The molecule has 1 fully saturated rings. The van der Waals surface area contributed by atoms with E-state index in [1.807, 2.05) is 25.1 Å². The van der Waals surface area contributed by atoms with Crippen LogP contribution in [0, 0.1) is 6.92 Å². The number of nitrogens with two attached hydrogens (primary N) is 1. The van der Waals surface area contributed by atoms with Gasteiger partial charge < -0.3 is 10.5 Å². The Balaban J connectivity index is 1.84. The molecule has 2 aromatic carbocycles. The van der Waals surface area contributed by atoms with Gasteiger partial charge in [0, 0.05) is 5.69 Å². The van der Waals surface area contributed by atoms with Gasteiger partial charge in [0.2, 0.25) is 0 Å². The molecule has 0 aromatic heterocycles. The highest BCUT2D eigenvalue weighted by molar-refractivity contribution is 5.68. The zero-order valence-corrected chi connectivity index (χ0v) is 10.5. The molecule has 0 heterocycles. The van der Waals surface area contributed by atoms with Gasteiger partial charge in [-0.3, -0.25) is 0 Å². The maximum Gasteiger partial charge on any atom is 0.119 e. The van der Waals surface area contributed by atoms with E-state index in [2.05, 4.69) is 24.3 Å². The highest BCUT2D eigenvalue weighted by Gasteiger charge is 2.23. The van der Waals surface area contributed by atoms with Gasteiger partial charge in [0.05, 0.1) is 6.10 Å². The topological polar surface area (TPSA) is 35.2 Å². The molecule has 0 aliphatic heterocycles. The lowest BCUT2D eigenvalue weighted by Crippen LogP contribution is -1.95. The van der Waals surface area contributed by atoms with Crippen LogP contribution in [0.5, 0.6) is 5.75 Å². The molecule has 0 spiro atoms. The summed E-state index contributed by atoms with van der Waals surface area (Å²) in [4.78, 5) is 0. The molecular formula is C16H17NO. The number of hydrogen-bond donors (Lipinski definition) is 1. The van der Waals surface area contributed by atoms with Crippen LogP contribution in [-0.4, -0.2) is 6.10 Å². The minimum absolute atomic E-state index is 0.453. The maximum atomic E-state index is 5.83. The van der Waals surface area contributed by atoms with Crippen molar-refractivity contribution in [2.75, 3.05) is 5.73 Å². The maximum absolute atomic E-state index is 5.83. The monoisotopic (exact) mass is 239 g/mol. The summed E-state index contributed by atoms with van der Waals surface area (Å²) in [5.41, 5.74) is 10.2. The first-order valence-corrected chi connectivity index (χ1v) is 6.35. The van der Waals surface area contributed by atoms with Crippen LogP contribution in [0.15, 0.2) is 42.5 Å². The number of nitrogen functional groups attached to an aromatic ring is 1. The third kappa shape index (κ3) is 2.33. The van der Waals surface area contributed by atoms with Crippen LogP contribution < -0.4 is 10.5 Å². The van der Waals surface area contributed by atoms with Crippen LogP contribution >= 0.6 is 0 Å². The number of anilines is 1. The zero-order chi connectivity index (χ0) is 12.5. The summed E-state index contributed by atoms with van der Waals surface area (Å²) < 4.78 is 5.74. The van der Waals surface area contributed by atoms with Crippen molar-refractivity contribution in [3.63, 3.8) is 0 Å². The van der Waals surface area contributed by atoms with Crippen molar-refractivity contribution in [1.82, 2.24) is 0 Å². The SMILES string of the molecule is Cc1cc(-c2ccc(OC3CC3)cc2)ccc1N. The quantitative estimate of drug-likeness (QED) is 0.827. The Morgan fingerprint density at radius 1 is 1.00 bits per heavy atom. The van der Waals surface area contributed by atoms with Crippen molar-refractivity contribution in [2.24, 2.45) is 0 Å². The molecular weight excluding hydrogens is 222 g/mol. The molecule has 2 nitrogen and oxygen atoms in total. The van der Waals surface area contributed by atoms with E-state index in [1.54, 1.807) is 0 Å². The summed E-state index contributed by atoms with van der Waals surface area (Å²) in [6.45, 7) is 2.03. The number of ether oxygens (including phenoxy) is 1. The molecule has 92 valence electrons. The summed E-state index contributed by atoms with van der Waals surface area (Å²) in [6, 6.07) is 14.4. The summed E-state index contributed by atoms with van der Waals surface area (Å²) in [7, 11) is 0. The van der Waals surface area contributed by atoms with Gasteiger partial charge in [0.25, 0.3) is 0 Å². The third-order valence-electron chi connectivity index (χ3n) is 3.28. The predicted molar refractivity (Wildman–Crippen MR) is 74.7 cm³/mol. The van der Waals surface area contributed by atoms with E-state index < -0.39 is 0 Å². The molecule has 0 radical (unpaired) electrons. The fourth-order valence-electron chi connectivity index (χ4n) is 1.96. The fraction of sp³-hybridized carbons (Fsp3) is 0.250. The number of hydrogen-bond acceptors (Lipinski definition) is 2. The molecule has 0 saturated heterocycles. The molecule has 1 aliphatic carbocycles. The van der Waals surface area contributed by atoms with Gasteiger partial charge in [-0.25, -0.2) is 0 Å². The van der Waals surface area contributed by atoms with Gasteiger partial charge in [-0.2, -0.15) is 0 Å². The van der Waals surface area contributed by atoms with Gasteiger partial charge in [-0.15, -0.1) is 0 Å². The molecule has 0 bridgehead atoms. The van der Waals surface area contributed by atoms with E-state index in [9.17, 15) is 0 Å². The van der Waals surface area contributed by atoms with Crippen LogP contribution in [0.1, 0.15) is 18.4 Å². The van der Waals surface area contributed by atoms with E-state index >= 15 is 0 Å². The van der Waals surface area contributed by atoms with E-state index in [0.29, 0.717) is 6.10 Å². The lowest BCUT2D eigenvalue weighted by molar-refractivity contribution is 0.303. The lowest BCUT2D eigenvalue weighted by atomic mass is 10.0. The molecule has 0 atom stereocenters. The van der Waals surface area contributed by atoms with Crippen LogP contribution in [0.4, 0.5) is 5.69 Å². The third-order valence-corrected chi connectivity index (χ3v) is 3.28. The van der Waals surface area contributed by atoms with Crippen molar-refractivity contribution in [3.05, 3.63) is 48.0 Å². The molecule has 1 aliphatic rings. The highest BCUT2D eigenvalue weighted by atomic mass is 16.5. The minimum atomic E-state index is 0.453. The van der Waals surface area contributed by atoms with E-state index in [4.69, 9.17) is 10.5 Å². The van der Waals surface area contributed by atoms with Crippen molar-refractivity contribution in [3.8, 4) is 16.9 Å². The first-order chi connectivity index (χ1) is 8.72. The summed E-state index contributed by atoms with van der Waals surface area (Å²) in [6.07, 6.45) is 2.84. The molecule has 2 heteroatoms. The van der Waals surface area contributed by atoms with Crippen LogP contribution in [-0.2, 0) is 0 Å². The molecule has 2 aromatic rings. The Morgan fingerprint density at radius 3 is 2.28 bits per heavy atom. The Labute approximate surface area is 107 Å². The predicted octanol–water partition coefficient (Wildman–Crippen LogP) is 3.79. The summed E-state index contributed by atoms with van der Waals surface area (Å²) in [5, 5.41) is 0. The molecule has 1 saturated carbocycles. The average Bonchev–Trinajstić information content (AvgIpc) is 3.18. The Morgan fingerprint density at radius 2 is 1.67 bits per heavy atom. The number of benzene rings is 2. The van der Waals surface area contributed by atoms with Gasteiger partial charge in [0.1, 0.15) is 5.75 Å². The Kier molecular flexibility index (Phi) is 2.71. The fourth-order valence-corrected chi connectivity index (χ4v) is 1.96. The molecule has 2 N–H and O–H groups in total. The smallest absolute Gasteiger partial charge is 0.119 e. The van der Waals surface area contributed by atoms with E-state index in [1.165, 1.54) is 24.0 Å². The molecule has 0 amide bonds. The van der Waals surface area contributed by atoms with Crippen molar-refractivity contribution < 1.29 is 4.74 Å². The first kappa shape index (κ1) is 11.1. The summed E-state index contributed by atoms with van der Waals surface area (Å²) >= 11 is 0. The second-order valence-corrected chi connectivity index (χ2v) is 4.91. The van der Waals surface area contributed by atoms with Crippen LogP contribution in [0.2, 0.25) is 0 Å². The second kappa shape index (κ2) is 4.37. The second-order valence-electron chi connectivity index (χ2n) is 4.91. The van der Waals surface area contributed by atoms with Crippen molar-refractivity contribution in [1.29, 1.82) is 0 Å². The van der Waals surface area contributed by atoms with Crippen LogP contribution in [0.3, 0.4) is 0 Å². The molecule has 0 unspecified atom stereocenters. The van der Waals surface area contributed by atoms with Gasteiger partial charge in [-0.05, 0) is 60.7 Å². The van der Waals surface area contributed by atoms with Crippen molar-refractivity contribution >= 4 is 5.69 Å². The van der Waals surface area contributed by atoms with Gasteiger partial charge in [-0.1, -0.05) is 18.2 Å². The van der Waals surface area contributed by atoms with Crippen LogP contribution in [0.25, 0.3) is 11.1 Å². The van der Waals surface area contributed by atoms with E-state index in [0.717, 1.165) is 17.0 Å². The Hall–Kier alpha value is -1.96. The van der Waals surface area contributed by atoms with Gasteiger partial charge >= 0.3 is 0 Å². The minimum Gasteiger partial charge on any atom is -0.490 e. The number of rotatable bonds is 3. The zero-order valence-electron chi connectivity index (χ0n) is 10.5.